The van der Waals surface area contributed by atoms with E-state index in [4.69, 9.17) is 9.28 Å². The first-order valence-corrected chi connectivity index (χ1v) is 11.9. The summed E-state index contributed by atoms with van der Waals surface area (Å²) in [5.74, 6) is 0.181. The van der Waals surface area contributed by atoms with E-state index >= 15 is 0 Å². The zero-order chi connectivity index (χ0) is 21.8. The molecule has 2 saturated carbocycles. The van der Waals surface area contributed by atoms with E-state index in [0.717, 1.165) is 41.8 Å². The number of rotatable bonds is 7. The number of aromatic nitrogens is 3. The molecule has 3 aromatic rings. The number of halogens is 1. The second-order valence-corrected chi connectivity index (χ2v) is 10.2. The molecule has 2 atom stereocenters. The quantitative estimate of drug-likeness (QED) is 0.503. The molecule has 0 aliphatic heterocycles. The van der Waals surface area contributed by atoms with Crippen LogP contribution < -0.4 is 0 Å². The fraction of sp³-hybridized carbons (Fsp3) is 0.391. The molecule has 0 amide bonds. The highest BCUT2D eigenvalue weighted by Gasteiger charge is 2.42. The van der Waals surface area contributed by atoms with Gasteiger partial charge in [0.05, 0.1) is 34.6 Å². The summed E-state index contributed by atoms with van der Waals surface area (Å²) in [6.45, 7) is 3.69. The Morgan fingerprint density at radius 3 is 2.55 bits per heavy atom. The minimum atomic E-state index is -3.77. The lowest BCUT2D eigenvalue weighted by atomic mass is 10.1. The van der Waals surface area contributed by atoms with E-state index in [1.807, 2.05) is 17.8 Å². The van der Waals surface area contributed by atoms with Gasteiger partial charge in [-0.2, -0.15) is 13.5 Å². The Bertz CT molecular complexity index is 1230. The third kappa shape index (κ3) is 4.14. The Morgan fingerprint density at radius 2 is 1.87 bits per heavy atom. The maximum absolute atomic E-state index is 13.7. The van der Waals surface area contributed by atoms with Crippen LogP contribution in [-0.4, -0.2) is 29.8 Å². The molecule has 0 saturated heterocycles. The van der Waals surface area contributed by atoms with Gasteiger partial charge in [0.2, 0.25) is 0 Å². The van der Waals surface area contributed by atoms with Gasteiger partial charge in [-0.05, 0) is 57.4 Å². The molecule has 2 fully saturated rings. The molecule has 0 bridgehead atoms. The summed E-state index contributed by atoms with van der Waals surface area (Å²) in [5, 5.41) is 4.80. The number of pyridine rings is 1. The van der Waals surface area contributed by atoms with Crippen molar-refractivity contribution in [3.63, 3.8) is 0 Å². The summed E-state index contributed by atoms with van der Waals surface area (Å²) in [6.07, 6.45) is 4.96. The zero-order valence-corrected chi connectivity index (χ0v) is 18.3. The van der Waals surface area contributed by atoms with Crippen molar-refractivity contribution in [1.29, 1.82) is 0 Å². The molecule has 6 nitrogen and oxygen atoms in total. The van der Waals surface area contributed by atoms with Crippen molar-refractivity contribution in [3.05, 3.63) is 65.4 Å². The van der Waals surface area contributed by atoms with E-state index in [2.05, 4.69) is 4.98 Å². The maximum atomic E-state index is 13.7. The van der Waals surface area contributed by atoms with Gasteiger partial charge in [-0.1, -0.05) is 17.7 Å². The first-order chi connectivity index (χ1) is 14.8. The maximum Gasteiger partial charge on any atom is 0.296 e. The summed E-state index contributed by atoms with van der Waals surface area (Å²) < 4.78 is 45.8. The number of hydrogen-bond acceptors (Lipinski definition) is 5. The highest BCUT2D eigenvalue weighted by molar-refractivity contribution is 7.86. The predicted molar refractivity (Wildman–Crippen MR) is 114 cm³/mol. The number of hydrogen-bond donors (Lipinski definition) is 0. The molecule has 2 aliphatic carbocycles. The molecule has 2 aliphatic rings. The fourth-order valence-corrected chi connectivity index (χ4v) is 4.77. The van der Waals surface area contributed by atoms with Crippen LogP contribution in [0.5, 0.6) is 0 Å². The van der Waals surface area contributed by atoms with Crippen LogP contribution in [0.1, 0.15) is 48.2 Å². The van der Waals surface area contributed by atoms with Crippen molar-refractivity contribution in [3.8, 4) is 11.3 Å². The molecular weight excluding hydrogens is 417 g/mol. The van der Waals surface area contributed by atoms with Crippen molar-refractivity contribution in [2.45, 2.75) is 50.0 Å². The molecule has 0 radical (unpaired) electrons. The molecule has 0 N–H and O–H groups in total. The first-order valence-electron chi connectivity index (χ1n) is 10.5. The third-order valence-corrected chi connectivity index (χ3v) is 7.29. The summed E-state index contributed by atoms with van der Waals surface area (Å²) in [7, 11) is -3.77. The van der Waals surface area contributed by atoms with E-state index in [-0.39, 0.29) is 29.3 Å². The zero-order valence-electron chi connectivity index (χ0n) is 17.5. The summed E-state index contributed by atoms with van der Waals surface area (Å²) in [6, 6.07) is 9.87. The van der Waals surface area contributed by atoms with E-state index in [9.17, 15) is 12.8 Å². The molecule has 2 aromatic heterocycles. The Morgan fingerprint density at radius 1 is 1.13 bits per heavy atom. The minimum Gasteiger partial charge on any atom is -0.268 e. The Labute approximate surface area is 181 Å². The second-order valence-electron chi connectivity index (χ2n) is 8.56. The van der Waals surface area contributed by atoms with Crippen LogP contribution >= 0.6 is 0 Å². The van der Waals surface area contributed by atoms with Crippen LogP contribution in [0.15, 0.2) is 47.5 Å². The molecule has 5 rings (SSSR count). The van der Waals surface area contributed by atoms with Gasteiger partial charge in [0.25, 0.3) is 10.1 Å². The van der Waals surface area contributed by atoms with Gasteiger partial charge >= 0.3 is 0 Å². The molecule has 0 spiro atoms. The topological polar surface area (TPSA) is 74.1 Å². The highest BCUT2D eigenvalue weighted by Crippen LogP contribution is 2.48. The van der Waals surface area contributed by atoms with Crippen LogP contribution in [0.4, 0.5) is 4.39 Å². The lowest BCUT2D eigenvalue weighted by Crippen LogP contribution is -2.10. The molecule has 162 valence electrons. The highest BCUT2D eigenvalue weighted by atomic mass is 32.2. The van der Waals surface area contributed by atoms with Crippen LogP contribution in [0, 0.1) is 25.6 Å². The Hall–Kier alpha value is -2.58. The van der Waals surface area contributed by atoms with Gasteiger partial charge in [-0.3, -0.25) is 8.86 Å². The third-order valence-electron chi connectivity index (χ3n) is 5.99. The standard InChI is InChI=1S/C23H24FN3O3S/c1-14-3-7-18(8-4-14)31(28,29)30-13-17-11-22(17)27-12-19(23(26-27)16-5-6-16)21-10-9-20(24)15(2)25-21/h3-4,7-10,12,16-17,22H,5-6,11,13H2,1-2H3/t17-,22+/m0/s1. The first kappa shape index (κ1) is 20.3. The number of benzene rings is 1. The van der Waals surface area contributed by atoms with Crippen LogP contribution in [0.2, 0.25) is 0 Å². The monoisotopic (exact) mass is 441 g/mol. The van der Waals surface area contributed by atoms with Gasteiger partial charge in [0.15, 0.2) is 0 Å². The average Bonchev–Trinajstić information content (AvgIpc) is 3.67. The van der Waals surface area contributed by atoms with Crippen LogP contribution in [0.25, 0.3) is 11.3 Å². The van der Waals surface area contributed by atoms with Crippen LogP contribution in [0.3, 0.4) is 0 Å². The predicted octanol–water partition coefficient (Wildman–Crippen LogP) is 4.54. The lowest BCUT2D eigenvalue weighted by molar-refractivity contribution is 0.292. The second kappa shape index (κ2) is 7.53. The molecule has 8 heteroatoms. The largest absolute Gasteiger partial charge is 0.296 e. The van der Waals surface area contributed by atoms with E-state index in [0.29, 0.717) is 11.6 Å². The average molecular weight is 442 g/mol. The molecular formula is C23H24FN3O3S. The number of aryl methyl sites for hydroxylation is 2. The summed E-state index contributed by atoms with van der Waals surface area (Å²) >= 11 is 0. The Kier molecular flexibility index (Phi) is 4.94. The van der Waals surface area contributed by atoms with Gasteiger partial charge < -0.3 is 0 Å². The Balaban J connectivity index is 1.31. The van der Waals surface area contributed by atoms with E-state index < -0.39 is 10.1 Å². The van der Waals surface area contributed by atoms with Crippen molar-refractivity contribution >= 4 is 10.1 Å². The smallest absolute Gasteiger partial charge is 0.268 e. The van der Waals surface area contributed by atoms with Gasteiger partial charge in [0, 0.05) is 23.6 Å². The minimum absolute atomic E-state index is 0.0861. The fourth-order valence-electron chi connectivity index (χ4n) is 3.81. The summed E-state index contributed by atoms with van der Waals surface area (Å²) in [4.78, 5) is 4.57. The number of nitrogens with zero attached hydrogens (tertiary/aromatic N) is 3. The summed E-state index contributed by atoms with van der Waals surface area (Å²) in [5.41, 5.74) is 4.02. The van der Waals surface area contributed by atoms with Crippen molar-refractivity contribution in [1.82, 2.24) is 14.8 Å². The molecule has 2 heterocycles. The lowest BCUT2D eigenvalue weighted by Gasteiger charge is -2.06. The van der Waals surface area contributed by atoms with Crippen molar-refractivity contribution in [2.75, 3.05) is 6.61 Å². The molecule has 31 heavy (non-hydrogen) atoms. The van der Waals surface area contributed by atoms with E-state index in [1.54, 1.807) is 37.3 Å². The normalized spacial score (nSPS) is 20.7. The van der Waals surface area contributed by atoms with Gasteiger partial charge in [0.1, 0.15) is 5.82 Å². The van der Waals surface area contributed by atoms with Crippen molar-refractivity contribution < 1.29 is 17.0 Å². The van der Waals surface area contributed by atoms with Crippen molar-refractivity contribution in [2.24, 2.45) is 5.92 Å². The van der Waals surface area contributed by atoms with E-state index in [1.165, 1.54) is 6.07 Å². The molecule has 0 unspecified atom stereocenters. The van der Waals surface area contributed by atoms with Gasteiger partial charge in [-0.25, -0.2) is 9.37 Å². The van der Waals surface area contributed by atoms with Gasteiger partial charge in [-0.15, -0.1) is 0 Å². The molecule has 1 aromatic carbocycles. The van der Waals surface area contributed by atoms with Crippen LogP contribution in [-0.2, 0) is 14.3 Å². The SMILES string of the molecule is Cc1ccc(S(=O)(=O)OC[C@@H]2C[C@H]2n2cc(-c3ccc(F)c(C)n3)c(C3CC3)n2)cc1.